The molecule has 0 fully saturated rings. The molecule has 0 aromatic carbocycles. The average Bonchev–Trinajstić information content (AvgIpc) is 2.55. The number of fused-ring (bicyclic) bond motifs is 3. The SMILES string of the molecule is Cn1c2cncnc2c2nccnc21. The summed E-state index contributed by atoms with van der Waals surface area (Å²) < 4.78 is 1.94. The molecule has 0 saturated carbocycles. The van der Waals surface area contributed by atoms with Crippen molar-refractivity contribution in [2.45, 2.75) is 0 Å². The van der Waals surface area contributed by atoms with Gasteiger partial charge in [-0.05, 0) is 0 Å². The van der Waals surface area contributed by atoms with Gasteiger partial charge in [0.25, 0.3) is 0 Å². The topological polar surface area (TPSA) is 56.5 Å². The quantitative estimate of drug-likeness (QED) is 0.522. The van der Waals surface area contributed by atoms with E-state index in [1.807, 2.05) is 11.6 Å². The standard InChI is InChI=1S/C9H7N5/c1-14-6-4-10-5-13-7(6)8-9(14)12-3-2-11-8/h2-5H,1H3. The second kappa shape index (κ2) is 2.47. The van der Waals surface area contributed by atoms with Gasteiger partial charge < -0.3 is 4.57 Å². The van der Waals surface area contributed by atoms with Crippen molar-refractivity contribution >= 4 is 22.2 Å². The van der Waals surface area contributed by atoms with Gasteiger partial charge in [0.1, 0.15) is 17.4 Å². The molecular weight excluding hydrogens is 178 g/mol. The highest BCUT2D eigenvalue weighted by molar-refractivity contribution is 6.00. The zero-order valence-corrected chi connectivity index (χ0v) is 7.55. The largest absolute Gasteiger partial charge is 0.324 e. The minimum Gasteiger partial charge on any atom is -0.324 e. The minimum atomic E-state index is 0.826. The molecule has 68 valence electrons. The summed E-state index contributed by atoms with van der Waals surface area (Å²) in [5, 5.41) is 0. The first-order chi connectivity index (χ1) is 6.88. The Labute approximate surface area is 79.5 Å². The number of rotatable bonds is 0. The molecule has 0 N–H and O–H groups in total. The van der Waals surface area contributed by atoms with Crippen molar-refractivity contribution in [1.29, 1.82) is 0 Å². The van der Waals surface area contributed by atoms with Gasteiger partial charge in [-0.1, -0.05) is 0 Å². The maximum atomic E-state index is 4.26. The highest BCUT2D eigenvalue weighted by atomic mass is 15.1. The lowest BCUT2D eigenvalue weighted by Gasteiger charge is -1.93. The number of aryl methyl sites for hydroxylation is 1. The van der Waals surface area contributed by atoms with Crippen LogP contribution in [-0.2, 0) is 7.05 Å². The number of nitrogens with zero attached hydrogens (tertiary/aromatic N) is 5. The molecule has 0 amide bonds. The summed E-state index contributed by atoms with van der Waals surface area (Å²) in [4.78, 5) is 16.7. The van der Waals surface area contributed by atoms with E-state index >= 15 is 0 Å². The first-order valence-corrected chi connectivity index (χ1v) is 4.23. The fourth-order valence-corrected chi connectivity index (χ4v) is 1.61. The second-order valence-electron chi connectivity index (χ2n) is 3.04. The van der Waals surface area contributed by atoms with E-state index < -0.39 is 0 Å². The molecular formula is C9H7N5. The Morgan fingerprint density at radius 2 is 1.93 bits per heavy atom. The van der Waals surface area contributed by atoms with E-state index in [4.69, 9.17) is 0 Å². The van der Waals surface area contributed by atoms with Gasteiger partial charge in [-0.25, -0.2) is 19.9 Å². The maximum absolute atomic E-state index is 4.26. The van der Waals surface area contributed by atoms with Crippen LogP contribution < -0.4 is 0 Å². The van der Waals surface area contributed by atoms with Gasteiger partial charge in [0.2, 0.25) is 0 Å². The van der Waals surface area contributed by atoms with E-state index in [9.17, 15) is 0 Å². The third-order valence-corrected chi connectivity index (χ3v) is 2.28. The minimum absolute atomic E-state index is 0.826. The Balaban J connectivity index is 2.69. The lowest BCUT2D eigenvalue weighted by molar-refractivity contribution is 0.978. The lowest BCUT2D eigenvalue weighted by Crippen LogP contribution is -1.89. The van der Waals surface area contributed by atoms with Crippen LogP contribution in [-0.4, -0.2) is 24.5 Å². The summed E-state index contributed by atoms with van der Waals surface area (Å²) in [6.07, 6.45) is 6.64. The molecule has 3 heterocycles. The van der Waals surface area contributed by atoms with Crippen molar-refractivity contribution in [3.05, 3.63) is 24.9 Å². The Kier molecular flexibility index (Phi) is 1.30. The molecule has 0 aliphatic carbocycles. The third-order valence-electron chi connectivity index (χ3n) is 2.28. The number of hydrogen-bond donors (Lipinski definition) is 0. The number of aromatic nitrogens is 5. The summed E-state index contributed by atoms with van der Waals surface area (Å²) >= 11 is 0. The Bertz CT molecular complexity index is 559. The van der Waals surface area contributed by atoms with Crippen LogP contribution in [0, 0.1) is 0 Å². The maximum Gasteiger partial charge on any atom is 0.161 e. The first-order valence-electron chi connectivity index (χ1n) is 4.23. The predicted molar refractivity (Wildman–Crippen MR) is 51.6 cm³/mol. The van der Waals surface area contributed by atoms with Crippen LogP contribution in [0.25, 0.3) is 22.2 Å². The molecule has 3 rings (SSSR count). The van der Waals surface area contributed by atoms with Crippen molar-refractivity contribution < 1.29 is 0 Å². The van der Waals surface area contributed by atoms with E-state index in [1.54, 1.807) is 18.6 Å². The molecule has 3 aromatic heterocycles. The van der Waals surface area contributed by atoms with Crippen molar-refractivity contribution in [3.63, 3.8) is 0 Å². The normalized spacial score (nSPS) is 11.2. The van der Waals surface area contributed by atoms with Gasteiger partial charge in [0.05, 0.1) is 11.7 Å². The van der Waals surface area contributed by atoms with Gasteiger partial charge in [0, 0.05) is 19.4 Å². The van der Waals surface area contributed by atoms with Crippen LogP contribution in [0.4, 0.5) is 0 Å². The molecule has 5 nitrogen and oxygen atoms in total. The fourth-order valence-electron chi connectivity index (χ4n) is 1.61. The zero-order valence-electron chi connectivity index (χ0n) is 7.55. The highest BCUT2D eigenvalue weighted by Gasteiger charge is 2.09. The average molecular weight is 185 g/mol. The van der Waals surface area contributed by atoms with Crippen molar-refractivity contribution in [2.75, 3.05) is 0 Å². The van der Waals surface area contributed by atoms with Crippen LogP contribution >= 0.6 is 0 Å². The summed E-state index contributed by atoms with van der Waals surface area (Å²) in [7, 11) is 1.93. The monoisotopic (exact) mass is 185 g/mol. The Morgan fingerprint density at radius 1 is 1.07 bits per heavy atom. The summed E-state index contributed by atoms with van der Waals surface area (Å²) in [5.41, 5.74) is 3.47. The Morgan fingerprint density at radius 3 is 2.86 bits per heavy atom. The summed E-state index contributed by atoms with van der Waals surface area (Å²) in [5.74, 6) is 0. The van der Waals surface area contributed by atoms with Crippen LogP contribution in [0.2, 0.25) is 0 Å². The van der Waals surface area contributed by atoms with E-state index in [1.165, 1.54) is 6.33 Å². The van der Waals surface area contributed by atoms with Crippen LogP contribution in [0.5, 0.6) is 0 Å². The van der Waals surface area contributed by atoms with Crippen molar-refractivity contribution in [2.24, 2.45) is 7.05 Å². The molecule has 0 unspecified atom stereocenters. The van der Waals surface area contributed by atoms with Crippen LogP contribution in [0.15, 0.2) is 24.9 Å². The molecule has 5 heteroatoms. The first kappa shape index (κ1) is 7.37. The van der Waals surface area contributed by atoms with Gasteiger partial charge in [0.15, 0.2) is 5.65 Å². The molecule has 0 aliphatic heterocycles. The highest BCUT2D eigenvalue weighted by Crippen LogP contribution is 2.20. The smallest absolute Gasteiger partial charge is 0.161 e. The molecule has 0 atom stereocenters. The van der Waals surface area contributed by atoms with Crippen molar-refractivity contribution in [1.82, 2.24) is 24.5 Å². The zero-order chi connectivity index (χ0) is 9.54. The van der Waals surface area contributed by atoms with E-state index in [0.29, 0.717) is 0 Å². The van der Waals surface area contributed by atoms with E-state index in [2.05, 4.69) is 19.9 Å². The lowest BCUT2D eigenvalue weighted by atomic mass is 10.4. The predicted octanol–water partition coefficient (Wildman–Crippen LogP) is 0.911. The van der Waals surface area contributed by atoms with Gasteiger partial charge in [-0.15, -0.1) is 0 Å². The van der Waals surface area contributed by atoms with Gasteiger partial charge >= 0.3 is 0 Å². The summed E-state index contributed by atoms with van der Waals surface area (Å²) in [6, 6.07) is 0. The molecule has 3 aromatic rings. The van der Waals surface area contributed by atoms with E-state index in [-0.39, 0.29) is 0 Å². The van der Waals surface area contributed by atoms with Gasteiger partial charge in [-0.2, -0.15) is 0 Å². The second-order valence-corrected chi connectivity index (χ2v) is 3.04. The molecule has 0 aliphatic rings. The molecule has 0 spiro atoms. The Hall–Kier alpha value is -2.04. The molecule has 0 bridgehead atoms. The third kappa shape index (κ3) is 0.783. The summed E-state index contributed by atoms with van der Waals surface area (Å²) in [6.45, 7) is 0. The van der Waals surface area contributed by atoms with Gasteiger partial charge in [-0.3, -0.25) is 0 Å². The molecule has 0 radical (unpaired) electrons. The van der Waals surface area contributed by atoms with Crippen LogP contribution in [0.3, 0.4) is 0 Å². The van der Waals surface area contributed by atoms with Crippen LogP contribution in [0.1, 0.15) is 0 Å². The fraction of sp³-hybridized carbons (Fsp3) is 0.111. The molecule has 14 heavy (non-hydrogen) atoms. The number of hydrogen-bond acceptors (Lipinski definition) is 4. The molecule has 0 saturated heterocycles. The van der Waals surface area contributed by atoms with E-state index in [0.717, 1.165) is 22.2 Å². The van der Waals surface area contributed by atoms with Crippen molar-refractivity contribution in [3.8, 4) is 0 Å².